The van der Waals surface area contributed by atoms with Crippen LogP contribution in [0.5, 0.6) is 0 Å². The van der Waals surface area contributed by atoms with E-state index in [0.29, 0.717) is 18.5 Å². The Balaban J connectivity index is 1.83. The predicted octanol–water partition coefficient (Wildman–Crippen LogP) is 2.17. The molecule has 0 saturated carbocycles. The van der Waals surface area contributed by atoms with E-state index in [1.807, 2.05) is 36.4 Å². The van der Waals surface area contributed by atoms with Gasteiger partial charge in [0.15, 0.2) is 0 Å². The summed E-state index contributed by atoms with van der Waals surface area (Å²) in [5.41, 5.74) is 1.03. The number of ether oxygens (including phenoxy) is 1. The van der Waals surface area contributed by atoms with Crippen LogP contribution >= 0.6 is 0 Å². The third kappa shape index (κ3) is 5.28. The summed E-state index contributed by atoms with van der Waals surface area (Å²) in [6.45, 7) is 8.53. The quantitative estimate of drug-likeness (QED) is 0.819. The van der Waals surface area contributed by atoms with E-state index in [1.165, 1.54) is 0 Å². The van der Waals surface area contributed by atoms with Crippen molar-refractivity contribution in [1.29, 1.82) is 0 Å². The second kappa shape index (κ2) is 8.71. The van der Waals surface area contributed by atoms with E-state index >= 15 is 0 Å². The lowest BCUT2D eigenvalue weighted by molar-refractivity contribution is -0.116. The Kier molecular flexibility index (Phi) is 6.62. The van der Waals surface area contributed by atoms with Crippen molar-refractivity contribution in [3.63, 3.8) is 0 Å². The number of morpholine rings is 1. The molecule has 1 saturated heterocycles. The normalized spacial score (nSPS) is 17.8. The van der Waals surface area contributed by atoms with Gasteiger partial charge in [-0.25, -0.2) is 0 Å². The molecule has 0 aliphatic carbocycles. The first kappa shape index (κ1) is 16.7. The average molecular weight is 302 g/mol. The van der Waals surface area contributed by atoms with Crippen LogP contribution in [0.1, 0.15) is 19.4 Å². The van der Waals surface area contributed by atoms with Crippen molar-refractivity contribution in [2.24, 2.45) is 5.92 Å². The fraction of sp³-hybridized carbons (Fsp3) is 0.500. The molecule has 1 heterocycles. The molecule has 1 aliphatic heterocycles. The molecule has 0 radical (unpaired) electrons. The molecule has 4 nitrogen and oxygen atoms in total. The Bertz CT molecular complexity index is 479. The molecule has 1 N–H and O–H groups in total. The number of rotatable bonds is 6. The van der Waals surface area contributed by atoms with E-state index in [-0.39, 0.29) is 5.91 Å². The maximum atomic E-state index is 12.0. The van der Waals surface area contributed by atoms with Crippen molar-refractivity contribution in [2.75, 3.05) is 32.8 Å². The van der Waals surface area contributed by atoms with Gasteiger partial charge in [-0.15, -0.1) is 0 Å². The van der Waals surface area contributed by atoms with Gasteiger partial charge in [-0.3, -0.25) is 9.69 Å². The summed E-state index contributed by atoms with van der Waals surface area (Å²) < 4.78 is 5.40. The smallest absolute Gasteiger partial charge is 0.244 e. The molecule has 1 aliphatic rings. The third-order valence-electron chi connectivity index (χ3n) is 4.00. The predicted molar refractivity (Wildman–Crippen MR) is 89.5 cm³/mol. The van der Waals surface area contributed by atoms with Gasteiger partial charge >= 0.3 is 0 Å². The SMILES string of the molecule is CC(C)C(CNC(=O)/C=C/c1ccccc1)N1CCOCC1. The standard InChI is InChI=1S/C18H26N2O2/c1-15(2)17(20-10-12-22-13-11-20)14-19-18(21)9-8-16-6-4-3-5-7-16/h3-9,15,17H,10-14H2,1-2H3,(H,19,21)/b9-8+. The van der Waals surface area contributed by atoms with Gasteiger partial charge in [0.05, 0.1) is 13.2 Å². The number of hydrogen-bond acceptors (Lipinski definition) is 3. The van der Waals surface area contributed by atoms with Crippen molar-refractivity contribution < 1.29 is 9.53 Å². The summed E-state index contributed by atoms with van der Waals surface area (Å²) >= 11 is 0. The number of carbonyl (C=O) groups is 1. The van der Waals surface area contributed by atoms with Crippen LogP contribution in [0.25, 0.3) is 6.08 Å². The molecule has 4 heteroatoms. The zero-order valence-electron chi connectivity index (χ0n) is 13.5. The van der Waals surface area contributed by atoms with Gasteiger partial charge in [0, 0.05) is 31.8 Å². The summed E-state index contributed by atoms with van der Waals surface area (Å²) in [6, 6.07) is 10.2. The van der Waals surface area contributed by atoms with Crippen LogP contribution in [0.15, 0.2) is 36.4 Å². The monoisotopic (exact) mass is 302 g/mol. The van der Waals surface area contributed by atoms with Crippen molar-refractivity contribution in [1.82, 2.24) is 10.2 Å². The molecule has 1 aromatic carbocycles. The lowest BCUT2D eigenvalue weighted by atomic mass is 10.0. The van der Waals surface area contributed by atoms with E-state index in [9.17, 15) is 4.79 Å². The first-order chi connectivity index (χ1) is 10.7. The van der Waals surface area contributed by atoms with Crippen molar-refractivity contribution in [3.8, 4) is 0 Å². The second-order valence-electron chi connectivity index (χ2n) is 5.95. The maximum absolute atomic E-state index is 12.0. The zero-order valence-corrected chi connectivity index (χ0v) is 13.5. The number of nitrogens with zero attached hydrogens (tertiary/aromatic N) is 1. The minimum absolute atomic E-state index is 0.0391. The molecule has 1 amide bonds. The summed E-state index contributed by atoms with van der Waals surface area (Å²) in [5, 5.41) is 3.02. The van der Waals surface area contributed by atoms with E-state index in [0.717, 1.165) is 31.9 Å². The van der Waals surface area contributed by atoms with Crippen LogP contribution < -0.4 is 5.32 Å². The number of carbonyl (C=O) groups excluding carboxylic acids is 1. The van der Waals surface area contributed by atoms with Gasteiger partial charge < -0.3 is 10.1 Å². The number of hydrogen-bond donors (Lipinski definition) is 1. The topological polar surface area (TPSA) is 41.6 Å². The Labute approximate surface area is 133 Å². The first-order valence-corrected chi connectivity index (χ1v) is 7.99. The number of amides is 1. The van der Waals surface area contributed by atoms with Gasteiger partial charge in [-0.05, 0) is 17.6 Å². The van der Waals surface area contributed by atoms with Gasteiger partial charge in [-0.1, -0.05) is 44.2 Å². The molecule has 1 atom stereocenters. The van der Waals surface area contributed by atoms with E-state index in [2.05, 4.69) is 24.1 Å². The highest BCUT2D eigenvalue weighted by molar-refractivity contribution is 5.91. The Morgan fingerprint density at radius 1 is 1.27 bits per heavy atom. The fourth-order valence-corrected chi connectivity index (χ4v) is 2.70. The van der Waals surface area contributed by atoms with Gasteiger partial charge in [-0.2, -0.15) is 0 Å². The largest absolute Gasteiger partial charge is 0.379 e. The summed E-state index contributed by atoms with van der Waals surface area (Å²) in [6.07, 6.45) is 3.44. The van der Waals surface area contributed by atoms with E-state index in [1.54, 1.807) is 6.08 Å². The highest BCUT2D eigenvalue weighted by Gasteiger charge is 2.23. The number of nitrogens with one attached hydrogen (secondary N) is 1. The molecule has 2 rings (SSSR count). The van der Waals surface area contributed by atoms with Crippen LogP contribution in [0.4, 0.5) is 0 Å². The van der Waals surface area contributed by atoms with Gasteiger partial charge in [0.2, 0.25) is 5.91 Å². The van der Waals surface area contributed by atoms with Crippen LogP contribution in [0, 0.1) is 5.92 Å². The Morgan fingerprint density at radius 2 is 1.95 bits per heavy atom. The van der Waals surface area contributed by atoms with Crippen LogP contribution in [0.2, 0.25) is 0 Å². The Hall–Kier alpha value is -1.65. The van der Waals surface area contributed by atoms with Crippen LogP contribution in [0.3, 0.4) is 0 Å². The molecule has 1 fully saturated rings. The molecule has 0 bridgehead atoms. The van der Waals surface area contributed by atoms with Crippen LogP contribution in [-0.2, 0) is 9.53 Å². The minimum Gasteiger partial charge on any atom is -0.379 e. The van der Waals surface area contributed by atoms with Crippen molar-refractivity contribution in [2.45, 2.75) is 19.9 Å². The fourth-order valence-electron chi connectivity index (χ4n) is 2.70. The van der Waals surface area contributed by atoms with Crippen LogP contribution in [-0.4, -0.2) is 49.7 Å². The lowest BCUT2D eigenvalue weighted by Crippen LogP contribution is -2.51. The van der Waals surface area contributed by atoms with Crippen molar-refractivity contribution >= 4 is 12.0 Å². The molecule has 1 unspecified atom stereocenters. The average Bonchev–Trinajstić information content (AvgIpc) is 2.55. The molecule has 0 spiro atoms. The number of benzene rings is 1. The minimum atomic E-state index is -0.0391. The van der Waals surface area contributed by atoms with Crippen molar-refractivity contribution in [3.05, 3.63) is 42.0 Å². The lowest BCUT2D eigenvalue weighted by Gasteiger charge is -2.36. The van der Waals surface area contributed by atoms with Gasteiger partial charge in [0.25, 0.3) is 0 Å². The van der Waals surface area contributed by atoms with E-state index < -0.39 is 0 Å². The highest BCUT2D eigenvalue weighted by atomic mass is 16.5. The zero-order chi connectivity index (χ0) is 15.8. The summed E-state index contributed by atoms with van der Waals surface area (Å²) in [7, 11) is 0. The molecular formula is C18H26N2O2. The molecule has 0 aromatic heterocycles. The van der Waals surface area contributed by atoms with Gasteiger partial charge in [0.1, 0.15) is 0 Å². The first-order valence-electron chi connectivity index (χ1n) is 7.99. The second-order valence-corrected chi connectivity index (χ2v) is 5.95. The molecule has 1 aromatic rings. The summed E-state index contributed by atoms with van der Waals surface area (Å²) in [4.78, 5) is 14.4. The summed E-state index contributed by atoms with van der Waals surface area (Å²) in [5.74, 6) is 0.458. The third-order valence-corrected chi connectivity index (χ3v) is 4.00. The maximum Gasteiger partial charge on any atom is 0.244 e. The Morgan fingerprint density at radius 3 is 2.59 bits per heavy atom. The van der Waals surface area contributed by atoms with E-state index in [4.69, 9.17) is 4.74 Å². The molecule has 120 valence electrons. The highest BCUT2D eigenvalue weighted by Crippen LogP contribution is 2.12. The molecule has 22 heavy (non-hydrogen) atoms. The molecular weight excluding hydrogens is 276 g/mol.